The predicted octanol–water partition coefficient (Wildman–Crippen LogP) is 1.81. The molecule has 0 aromatic heterocycles. The van der Waals surface area contributed by atoms with Gasteiger partial charge in [-0.05, 0) is 31.2 Å². The van der Waals surface area contributed by atoms with E-state index in [4.69, 9.17) is 5.11 Å². The highest BCUT2D eigenvalue weighted by molar-refractivity contribution is 5.66. The minimum absolute atomic E-state index is 0.296. The average molecular weight is 256 g/mol. The number of nitrogens with one attached hydrogen (secondary N) is 1. The second kappa shape index (κ2) is 6.53. The molecule has 2 unspecified atom stereocenters. The molecule has 0 aromatic carbocycles. The molecule has 0 aliphatic carbocycles. The highest BCUT2D eigenvalue weighted by Gasteiger charge is 2.26. The summed E-state index contributed by atoms with van der Waals surface area (Å²) in [5.41, 5.74) is 0.298. The van der Waals surface area contributed by atoms with Gasteiger partial charge in [-0.25, -0.2) is 0 Å². The molecule has 0 amide bonds. The molecule has 0 bridgehead atoms. The fourth-order valence-corrected chi connectivity index (χ4v) is 2.58. The van der Waals surface area contributed by atoms with Gasteiger partial charge in [-0.3, -0.25) is 4.79 Å². The number of aliphatic carboxylic acids is 1. The van der Waals surface area contributed by atoms with Gasteiger partial charge in [0.2, 0.25) is 0 Å². The fraction of sp³-hybridized carbons (Fsp3) is 0.929. The number of carboxylic acids is 1. The van der Waals surface area contributed by atoms with Gasteiger partial charge < -0.3 is 15.3 Å². The van der Waals surface area contributed by atoms with Crippen LogP contribution in [0.1, 0.15) is 40.0 Å². The molecule has 1 heterocycles. The Morgan fingerprint density at radius 3 is 2.61 bits per heavy atom. The van der Waals surface area contributed by atoms with Gasteiger partial charge in [-0.2, -0.15) is 0 Å². The van der Waals surface area contributed by atoms with Crippen LogP contribution in [0.2, 0.25) is 0 Å². The molecular formula is C14H28N2O2. The molecule has 106 valence electrons. The SMILES string of the molecule is CN1CC(CCC(=O)O)CC(NCC(C)(C)C)C1. The van der Waals surface area contributed by atoms with E-state index in [-0.39, 0.29) is 0 Å². The lowest BCUT2D eigenvalue weighted by Gasteiger charge is -2.37. The standard InChI is InChI=1S/C14H28N2O2/c1-14(2,3)10-15-12-7-11(5-6-13(17)18)8-16(4)9-12/h11-12,15H,5-10H2,1-4H3,(H,17,18). The summed E-state index contributed by atoms with van der Waals surface area (Å²) in [5.74, 6) is -0.167. The van der Waals surface area contributed by atoms with Crippen molar-refractivity contribution in [3.05, 3.63) is 0 Å². The van der Waals surface area contributed by atoms with Crippen molar-refractivity contribution in [1.82, 2.24) is 10.2 Å². The molecule has 0 radical (unpaired) electrons. The van der Waals surface area contributed by atoms with Crippen LogP contribution < -0.4 is 5.32 Å². The van der Waals surface area contributed by atoms with Crippen LogP contribution in [0, 0.1) is 11.3 Å². The Morgan fingerprint density at radius 2 is 2.06 bits per heavy atom. The molecule has 1 saturated heterocycles. The van der Waals surface area contributed by atoms with E-state index in [9.17, 15) is 4.79 Å². The van der Waals surface area contributed by atoms with E-state index in [0.717, 1.165) is 32.5 Å². The Morgan fingerprint density at radius 1 is 1.39 bits per heavy atom. The van der Waals surface area contributed by atoms with Gasteiger partial charge in [-0.1, -0.05) is 20.8 Å². The maximum absolute atomic E-state index is 10.6. The van der Waals surface area contributed by atoms with Gasteiger partial charge in [0.15, 0.2) is 0 Å². The molecule has 1 aliphatic heterocycles. The van der Waals surface area contributed by atoms with Gasteiger partial charge in [0, 0.05) is 32.1 Å². The van der Waals surface area contributed by atoms with Crippen LogP contribution in [0.5, 0.6) is 0 Å². The second-order valence-corrected chi connectivity index (χ2v) is 6.89. The molecule has 18 heavy (non-hydrogen) atoms. The average Bonchev–Trinajstić information content (AvgIpc) is 2.22. The summed E-state index contributed by atoms with van der Waals surface area (Å²) >= 11 is 0. The van der Waals surface area contributed by atoms with Crippen LogP contribution in [0.15, 0.2) is 0 Å². The Hall–Kier alpha value is -0.610. The minimum atomic E-state index is -0.678. The van der Waals surface area contributed by atoms with E-state index in [1.165, 1.54) is 0 Å². The van der Waals surface area contributed by atoms with Crippen LogP contribution in [-0.4, -0.2) is 48.7 Å². The van der Waals surface area contributed by atoms with Crippen molar-refractivity contribution in [2.75, 3.05) is 26.7 Å². The summed E-state index contributed by atoms with van der Waals surface area (Å²) in [6, 6.07) is 0.502. The Kier molecular flexibility index (Phi) is 5.60. The number of piperidine rings is 1. The smallest absolute Gasteiger partial charge is 0.303 e. The first-order valence-corrected chi connectivity index (χ1v) is 6.90. The minimum Gasteiger partial charge on any atom is -0.481 e. The van der Waals surface area contributed by atoms with Crippen LogP contribution in [0.25, 0.3) is 0 Å². The Balaban J connectivity index is 2.38. The molecule has 2 atom stereocenters. The van der Waals surface area contributed by atoms with E-state index < -0.39 is 5.97 Å². The Labute approximate surface area is 111 Å². The van der Waals surface area contributed by atoms with Crippen LogP contribution in [0.3, 0.4) is 0 Å². The quantitative estimate of drug-likeness (QED) is 0.787. The van der Waals surface area contributed by atoms with Crippen LogP contribution in [0.4, 0.5) is 0 Å². The third-order valence-electron chi connectivity index (χ3n) is 3.41. The molecule has 0 aromatic rings. The number of likely N-dealkylation sites (N-methyl/N-ethyl adjacent to an activating group) is 1. The first-order valence-electron chi connectivity index (χ1n) is 6.90. The van der Waals surface area contributed by atoms with Gasteiger partial charge in [-0.15, -0.1) is 0 Å². The first-order chi connectivity index (χ1) is 8.26. The highest BCUT2D eigenvalue weighted by atomic mass is 16.4. The maximum Gasteiger partial charge on any atom is 0.303 e. The normalized spacial score (nSPS) is 26.2. The van der Waals surface area contributed by atoms with E-state index in [1.807, 2.05) is 0 Å². The van der Waals surface area contributed by atoms with Crippen molar-refractivity contribution in [3.63, 3.8) is 0 Å². The molecule has 0 saturated carbocycles. The largest absolute Gasteiger partial charge is 0.481 e. The van der Waals surface area contributed by atoms with Gasteiger partial charge in [0.1, 0.15) is 0 Å². The van der Waals surface area contributed by atoms with Gasteiger partial charge in [0.05, 0.1) is 0 Å². The van der Waals surface area contributed by atoms with Gasteiger partial charge in [0.25, 0.3) is 0 Å². The van der Waals surface area contributed by atoms with Crippen LogP contribution in [-0.2, 0) is 4.79 Å². The highest BCUT2D eigenvalue weighted by Crippen LogP contribution is 2.21. The zero-order valence-corrected chi connectivity index (χ0v) is 12.2. The van der Waals surface area contributed by atoms with Gasteiger partial charge >= 0.3 is 5.97 Å². The van der Waals surface area contributed by atoms with Crippen molar-refractivity contribution in [2.45, 2.75) is 46.1 Å². The monoisotopic (exact) mass is 256 g/mol. The summed E-state index contributed by atoms with van der Waals surface area (Å²) in [6.45, 7) is 9.80. The second-order valence-electron chi connectivity index (χ2n) is 6.89. The molecule has 4 nitrogen and oxygen atoms in total. The van der Waals surface area contributed by atoms with E-state index in [0.29, 0.717) is 23.8 Å². The van der Waals surface area contributed by atoms with E-state index >= 15 is 0 Å². The lowest BCUT2D eigenvalue weighted by atomic mass is 9.89. The summed E-state index contributed by atoms with van der Waals surface area (Å²) in [4.78, 5) is 12.9. The number of carbonyl (C=O) groups is 1. The molecule has 0 spiro atoms. The number of nitrogens with zero attached hydrogens (tertiary/aromatic N) is 1. The topological polar surface area (TPSA) is 52.6 Å². The molecular weight excluding hydrogens is 228 g/mol. The summed E-state index contributed by atoms with van der Waals surface area (Å²) in [7, 11) is 2.12. The van der Waals surface area contributed by atoms with Crippen molar-refractivity contribution in [3.8, 4) is 0 Å². The van der Waals surface area contributed by atoms with E-state index in [2.05, 4.69) is 38.0 Å². The maximum atomic E-state index is 10.6. The molecule has 1 rings (SSSR count). The Bertz CT molecular complexity index is 273. The third kappa shape index (κ3) is 6.36. The van der Waals surface area contributed by atoms with Crippen LogP contribution >= 0.6 is 0 Å². The number of rotatable bonds is 5. The van der Waals surface area contributed by atoms with Crippen molar-refractivity contribution in [1.29, 1.82) is 0 Å². The third-order valence-corrected chi connectivity index (χ3v) is 3.41. The zero-order valence-electron chi connectivity index (χ0n) is 12.2. The number of hydrogen-bond acceptors (Lipinski definition) is 3. The summed E-state index contributed by atoms with van der Waals surface area (Å²) in [6.07, 6.45) is 2.20. The van der Waals surface area contributed by atoms with E-state index in [1.54, 1.807) is 0 Å². The van der Waals surface area contributed by atoms with Crippen molar-refractivity contribution in [2.24, 2.45) is 11.3 Å². The summed E-state index contributed by atoms with van der Waals surface area (Å²) < 4.78 is 0. The molecule has 1 aliphatic rings. The van der Waals surface area contributed by atoms with Crippen molar-refractivity contribution >= 4 is 5.97 Å². The van der Waals surface area contributed by atoms with Crippen molar-refractivity contribution < 1.29 is 9.90 Å². The lowest BCUT2D eigenvalue weighted by Crippen LogP contribution is -2.49. The molecule has 4 heteroatoms. The number of hydrogen-bond donors (Lipinski definition) is 2. The number of likely N-dealkylation sites (tertiary alicyclic amines) is 1. The summed E-state index contributed by atoms with van der Waals surface area (Å²) in [5, 5.41) is 12.4. The zero-order chi connectivity index (χ0) is 13.8. The lowest BCUT2D eigenvalue weighted by molar-refractivity contribution is -0.137. The molecule has 2 N–H and O–H groups in total. The molecule has 1 fully saturated rings. The fourth-order valence-electron chi connectivity index (χ4n) is 2.58. The number of carboxylic acid groups (broad SMARTS) is 1. The predicted molar refractivity (Wildman–Crippen MR) is 73.7 cm³/mol. The first kappa shape index (κ1) is 15.4.